The van der Waals surface area contributed by atoms with E-state index >= 15 is 0 Å². The Bertz CT molecular complexity index is 568. The summed E-state index contributed by atoms with van der Waals surface area (Å²) in [6.45, 7) is 2.32. The number of aromatic nitrogens is 1. The van der Waals surface area contributed by atoms with Gasteiger partial charge >= 0.3 is 0 Å². The quantitative estimate of drug-likeness (QED) is 0.822. The van der Waals surface area contributed by atoms with E-state index in [1.54, 1.807) is 22.7 Å². The van der Waals surface area contributed by atoms with Gasteiger partial charge in [0.1, 0.15) is 5.01 Å². The van der Waals surface area contributed by atoms with Crippen molar-refractivity contribution in [3.8, 4) is 10.6 Å². The fourth-order valence-corrected chi connectivity index (χ4v) is 4.97. The van der Waals surface area contributed by atoms with Gasteiger partial charge in [0.25, 0.3) is 0 Å². The molecule has 2 heterocycles. The Morgan fingerprint density at radius 3 is 2.74 bits per heavy atom. The van der Waals surface area contributed by atoms with Crippen molar-refractivity contribution in [3.63, 3.8) is 0 Å². The number of nitrogens with zero attached hydrogens (tertiary/aromatic N) is 1. The number of hydrogen-bond donors (Lipinski definition) is 1. The van der Waals surface area contributed by atoms with Gasteiger partial charge in [-0.25, -0.2) is 4.98 Å². The molecule has 1 aliphatic rings. The van der Waals surface area contributed by atoms with Crippen LogP contribution in [-0.4, -0.2) is 4.98 Å². The first-order valence-corrected chi connectivity index (χ1v) is 9.06. The van der Waals surface area contributed by atoms with Crippen LogP contribution in [0.1, 0.15) is 37.6 Å². The van der Waals surface area contributed by atoms with Gasteiger partial charge in [-0.3, -0.25) is 0 Å². The molecule has 2 N–H and O–H groups in total. The molecule has 102 valence electrons. The largest absolute Gasteiger partial charge is 0.319 e. The van der Waals surface area contributed by atoms with Gasteiger partial charge in [-0.05, 0) is 59.7 Å². The fourth-order valence-electron chi connectivity index (χ4n) is 2.56. The third-order valence-corrected chi connectivity index (χ3v) is 6.63. The van der Waals surface area contributed by atoms with Gasteiger partial charge in [0.2, 0.25) is 0 Å². The Kier molecular flexibility index (Phi) is 3.82. The molecule has 0 bridgehead atoms. The second-order valence-corrected chi connectivity index (χ2v) is 8.80. The van der Waals surface area contributed by atoms with E-state index in [0.717, 1.165) is 33.2 Å². The minimum atomic E-state index is -0.191. The number of rotatable bonds is 2. The molecule has 2 nitrogen and oxygen atoms in total. The van der Waals surface area contributed by atoms with Crippen molar-refractivity contribution in [2.24, 2.45) is 11.7 Å². The standard InChI is InChI=1S/C14H17BrN2S2/c1-9-4-6-14(16,7-5-9)13-17-10(8-18-13)11-2-3-12(15)19-11/h2-3,8-9H,4-7,16H2,1H3. The summed E-state index contributed by atoms with van der Waals surface area (Å²) in [4.78, 5) is 6.01. The predicted octanol–water partition coefficient (Wildman–Crippen LogP) is 5.00. The normalized spacial score (nSPS) is 27.6. The van der Waals surface area contributed by atoms with E-state index in [2.05, 4.69) is 40.4 Å². The van der Waals surface area contributed by atoms with Crippen molar-refractivity contribution < 1.29 is 0 Å². The van der Waals surface area contributed by atoms with Crippen molar-refractivity contribution in [1.29, 1.82) is 0 Å². The number of thiophene rings is 1. The number of nitrogens with two attached hydrogens (primary N) is 1. The SMILES string of the molecule is CC1CCC(N)(c2nc(-c3ccc(Br)s3)cs2)CC1. The first kappa shape index (κ1) is 13.7. The van der Waals surface area contributed by atoms with E-state index < -0.39 is 0 Å². The molecule has 2 aromatic rings. The van der Waals surface area contributed by atoms with Crippen LogP contribution in [0, 0.1) is 5.92 Å². The Morgan fingerprint density at radius 1 is 1.37 bits per heavy atom. The second kappa shape index (κ2) is 5.28. The van der Waals surface area contributed by atoms with E-state index in [-0.39, 0.29) is 5.54 Å². The summed E-state index contributed by atoms with van der Waals surface area (Å²) >= 11 is 6.94. The van der Waals surface area contributed by atoms with Gasteiger partial charge in [0.05, 0.1) is 19.9 Å². The maximum absolute atomic E-state index is 6.58. The van der Waals surface area contributed by atoms with Crippen LogP contribution in [0.15, 0.2) is 21.3 Å². The first-order chi connectivity index (χ1) is 9.07. The molecule has 0 saturated heterocycles. The van der Waals surface area contributed by atoms with Crippen LogP contribution in [0.25, 0.3) is 10.6 Å². The van der Waals surface area contributed by atoms with Gasteiger partial charge < -0.3 is 5.73 Å². The number of hydrogen-bond acceptors (Lipinski definition) is 4. The molecule has 1 fully saturated rings. The zero-order valence-corrected chi connectivity index (χ0v) is 14.1. The fraction of sp³-hybridized carbons (Fsp3) is 0.500. The highest BCUT2D eigenvalue weighted by Gasteiger charge is 2.34. The number of halogens is 1. The highest BCUT2D eigenvalue weighted by Crippen LogP contribution is 2.40. The van der Waals surface area contributed by atoms with Gasteiger partial charge in [0.15, 0.2) is 0 Å². The molecule has 0 amide bonds. The zero-order valence-electron chi connectivity index (χ0n) is 10.9. The van der Waals surface area contributed by atoms with Crippen molar-refractivity contribution in [3.05, 3.63) is 26.3 Å². The lowest BCUT2D eigenvalue weighted by Gasteiger charge is -2.34. The van der Waals surface area contributed by atoms with E-state index in [1.165, 1.54) is 17.7 Å². The van der Waals surface area contributed by atoms with Crippen molar-refractivity contribution in [1.82, 2.24) is 4.98 Å². The summed E-state index contributed by atoms with van der Waals surface area (Å²) in [5.74, 6) is 0.810. The molecule has 0 radical (unpaired) electrons. The Balaban J connectivity index is 1.85. The van der Waals surface area contributed by atoms with Gasteiger partial charge in [-0.2, -0.15) is 0 Å². The topological polar surface area (TPSA) is 38.9 Å². The van der Waals surface area contributed by atoms with Crippen LogP contribution < -0.4 is 5.73 Å². The van der Waals surface area contributed by atoms with Gasteiger partial charge in [-0.1, -0.05) is 6.92 Å². The summed E-state index contributed by atoms with van der Waals surface area (Å²) in [5.41, 5.74) is 7.46. The average molecular weight is 357 g/mol. The van der Waals surface area contributed by atoms with Crippen LogP contribution in [0.2, 0.25) is 0 Å². The van der Waals surface area contributed by atoms with Crippen LogP contribution >= 0.6 is 38.6 Å². The first-order valence-electron chi connectivity index (χ1n) is 6.57. The van der Waals surface area contributed by atoms with E-state index in [4.69, 9.17) is 10.7 Å². The van der Waals surface area contributed by atoms with Crippen LogP contribution in [0.5, 0.6) is 0 Å². The lowest BCUT2D eigenvalue weighted by atomic mass is 9.78. The zero-order chi connectivity index (χ0) is 13.5. The molecule has 1 aliphatic carbocycles. The van der Waals surface area contributed by atoms with E-state index in [9.17, 15) is 0 Å². The maximum atomic E-state index is 6.58. The molecule has 0 spiro atoms. The van der Waals surface area contributed by atoms with E-state index in [1.807, 2.05) is 0 Å². The Hall–Kier alpha value is -0.230. The monoisotopic (exact) mass is 356 g/mol. The summed E-state index contributed by atoms with van der Waals surface area (Å²) in [6, 6.07) is 4.18. The molecule has 1 saturated carbocycles. The summed E-state index contributed by atoms with van der Waals surface area (Å²) < 4.78 is 1.14. The van der Waals surface area contributed by atoms with Crippen LogP contribution in [-0.2, 0) is 5.54 Å². The third-order valence-electron chi connectivity index (χ3n) is 3.92. The van der Waals surface area contributed by atoms with E-state index in [0.29, 0.717) is 0 Å². The van der Waals surface area contributed by atoms with Gasteiger partial charge in [-0.15, -0.1) is 22.7 Å². The predicted molar refractivity (Wildman–Crippen MR) is 86.6 cm³/mol. The van der Waals surface area contributed by atoms with Crippen molar-refractivity contribution >= 4 is 38.6 Å². The molecule has 0 unspecified atom stereocenters. The highest BCUT2D eigenvalue weighted by atomic mass is 79.9. The summed E-state index contributed by atoms with van der Waals surface area (Å²) in [5, 5.41) is 3.25. The van der Waals surface area contributed by atoms with Crippen molar-refractivity contribution in [2.45, 2.75) is 38.1 Å². The van der Waals surface area contributed by atoms with Crippen LogP contribution in [0.3, 0.4) is 0 Å². The lowest BCUT2D eigenvalue weighted by Crippen LogP contribution is -2.40. The minimum Gasteiger partial charge on any atom is -0.319 e. The highest BCUT2D eigenvalue weighted by molar-refractivity contribution is 9.11. The molecule has 2 aromatic heterocycles. The molecular weight excluding hydrogens is 340 g/mol. The third kappa shape index (κ3) is 2.79. The Morgan fingerprint density at radius 2 is 2.11 bits per heavy atom. The molecular formula is C14H17BrN2S2. The van der Waals surface area contributed by atoms with Crippen molar-refractivity contribution in [2.75, 3.05) is 0 Å². The molecule has 19 heavy (non-hydrogen) atoms. The molecule has 0 atom stereocenters. The summed E-state index contributed by atoms with van der Waals surface area (Å²) in [6.07, 6.45) is 4.57. The maximum Gasteiger partial charge on any atom is 0.113 e. The Labute approximate surface area is 130 Å². The minimum absolute atomic E-state index is 0.191. The molecule has 5 heteroatoms. The molecule has 0 aromatic carbocycles. The van der Waals surface area contributed by atoms with Gasteiger partial charge in [0, 0.05) is 5.38 Å². The second-order valence-electron chi connectivity index (χ2n) is 5.48. The summed E-state index contributed by atoms with van der Waals surface area (Å²) in [7, 11) is 0. The molecule has 3 rings (SSSR count). The average Bonchev–Trinajstić information content (AvgIpc) is 3.02. The lowest BCUT2D eigenvalue weighted by molar-refractivity contribution is 0.247. The smallest absolute Gasteiger partial charge is 0.113 e. The number of thiazole rings is 1. The van der Waals surface area contributed by atoms with Crippen LogP contribution in [0.4, 0.5) is 0 Å². The molecule has 0 aliphatic heterocycles.